The van der Waals surface area contributed by atoms with Crippen molar-refractivity contribution < 1.29 is 18.7 Å². The summed E-state index contributed by atoms with van der Waals surface area (Å²) in [5.41, 5.74) is 1.93. The molecule has 1 aromatic heterocycles. The maximum Gasteiger partial charge on any atom is 0.272 e. The summed E-state index contributed by atoms with van der Waals surface area (Å²) in [6, 6.07) is 9.03. The Kier molecular flexibility index (Phi) is 6.23. The smallest absolute Gasteiger partial charge is 0.272 e. The number of ether oxygens (including phenoxy) is 2. The Bertz CT molecular complexity index is 1030. The van der Waals surface area contributed by atoms with Gasteiger partial charge in [-0.05, 0) is 63.9 Å². The van der Waals surface area contributed by atoms with Crippen LogP contribution in [0.3, 0.4) is 0 Å². The fourth-order valence-corrected chi connectivity index (χ4v) is 5.62. The molecule has 2 aromatic rings. The summed E-state index contributed by atoms with van der Waals surface area (Å²) in [6.07, 6.45) is 6.09. The minimum Gasteiger partial charge on any atom is -0.487 e. The number of benzene rings is 1. The van der Waals surface area contributed by atoms with Gasteiger partial charge in [-0.1, -0.05) is 0 Å². The average Bonchev–Trinajstić information content (AvgIpc) is 3.25. The van der Waals surface area contributed by atoms with E-state index in [0.29, 0.717) is 49.8 Å². The number of hydrogen-bond acceptors (Lipinski definition) is 5. The van der Waals surface area contributed by atoms with Gasteiger partial charge in [-0.15, -0.1) is 0 Å². The molecule has 0 unspecified atom stereocenters. The first-order chi connectivity index (χ1) is 16.3. The van der Waals surface area contributed by atoms with Gasteiger partial charge in [0, 0.05) is 50.5 Å². The monoisotopic (exact) mass is 467 g/mol. The third-order valence-electron chi connectivity index (χ3n) is 7.45. The van der Waals surface area contributed by atoms with Crippen molar-refractivity contribution in [3.8, 4) is 5.75 Å². The van der Waals surface area contributed by atoms with E-state index in [1.807, 2.05) is 37.1 Å². The zero-order chi connectivity index (χ0) is 23.9. The number of hydrogen-bond donors (Lipinski definition) is 0. The van der Waals surface area contributed by atoms with Gasteiger partial charge >= 0.3 is 0 Å². The normalized spacial score (nSPS) is 23.8. The summed E-state index contributed by atoms with van der Waals surface area (Å²) in [5.74, 6) is 0.365. The molecule has 2 saturated heterocycles. The molecule has 3 aliphatic rings. The molecule has 182 valence electrons. The van der Waals surface area contributed by atoms with E-state index >= 15 is 0 Å². The van der Waals surface area contributed by atoms with Gasteiger partial charge in [0.25, 0.3) is 5.91 Å². The molecule has 0 bridgehead atoms. The minimum absolute atomic E-state index is 0.0236. The van der Waals surface area contributed by atoms with Crippen molar-refractivity contribution in [2.45, 2.75) is 76.7 Å². The number of aromatic nitrogens is 1. The van der Waals surface area contributed by atoms with Crippen LogP contribution in [0.4, 0.5) is 10.1 Å². The molecule has 6 nitrogen and oxygen atoms in total. The molecule has 0 radical (unpaired) electrons. The topological polar surface area (TPSA) is 54.9 Å². The van der Waals surface area contributed by atoms with E-state index in [1.165, 1.54) is 25.0 Å². The molecule has 1 spiro atoms. The van der Waals surface area contributed by atoms with Gasteiger partial charge in [0.05, 0.1) is 24.1 Å². The van der Waals surface area contributed by atoms with E-state index in [-0.39, 0.29) is 23.9 Å². The molecule has 5 rings (SSSR count). The lowest BCUT2D eigenvalue weighted by Crippen LogP contribution is -2.52. The SMILES string of the molecule is CC(C)O[C@@H]1CC2(CCN(C(=O)c3ccc(N4CCC[C@H]4C)cn3)CC2)Oc2ccc(F)cc21. The van der Waals surface area contributed by atoms with E-state index in [0.717, 1.165) is 17.8 Å². The predicted molar refractivity (Wildman–Crippen MR) is 129 cm³/mol. The van der Waals surface area contributed by atoms with Gasteiger partial charge in [0.15, 0.2) is 0 Å². The fraction of sp³-hybridized carbons (Fsp3) is 0.556. The van der Waals surface area contributed by atoms with Gasteiger partial charge in [-0.25, -0.2) is 9.37 Å². The van der Waals surface area contributed by atoms with Crippen LogP contribution in [0.2, 0.25) is 0 Å². The lowest BCUT2D eigenvalue weighted by Gasteiger charge is -2.47. The second-order valence-electron chi connectivity index (χ2n) is 10.2. The number of likely N-dealkylation sites (tertiary alicyclic amines) is 1. The van der Waals surface area contributed by atoms with E-state index in [1.54, 1.807) is 6.07 Å². The molecule has 2 atom stereocenters. The van der Waals surface area contributed by atoms with Crippen molar-refractivity contribution in [2.24, 2.45) is 0 Å². The zero-order valence-electron chi connectivity index (χ0n) is 20.3. The number of piperidine rings is 1. The summed E-state index contributed by atoms with van der Waals surface area (Å²) < 4.78 is 26.5. The second-order valence-corrected chi connectivity index (χ2v) is 10.2. The average molecular weight is 468 g/mol. The van der Waals surface area contributed by atoms with Crippen LogP contribution >= 0.6 is 0 Å². The Balaban J connectivity index is 1.26. The Hall–Kier alpha value is -2.67. The number of nitrogens with zero attached hydrogens (tertiary/aromatic N) is 3. The second kappa shape index (κ2) is 9.17. The number of carbonyl (C=O) groups is 1. The first-order valence-electron chi connectivity index (χ1n) is 12.5. The van der Waals surface area contributed by atoms with Crippen LogP contribution in [0, 0.1) is 5.82 Å². The number of anilines is 1. The highest BCUT2D eigenvalue weighted by atomic mass is 19.1. The van der Waals surface area contributed by atoms with Crippen LogP contribution in [0.1, 0.15) is 75.0 Å². The standard InChI is InChI=1S/C27H34FN3O3/c1-18(2)33-25-16-27(34-24-9-6-20(28)15-22(24)25)10-13-30(14-11-27)26(32)23-8-7-21(17-29-23)31-12-4-5-19(31)3/h6-9,15,17-19,25H,4-5,10-14,16H2,1-3H3/t19-,25-/m1/s1. The predicted octanol–water partition coefficient (Wildman–Crippen LogP) is 5.13. The molecule has 1 aromatic carbocycles. The molecule has 34 heavy (non-hydrogen) atoms. The van der Waals surface area contributed by atoms with E-state index in [4.69, 9.17) is 9.47 Å². The maximum atomic E-state index is 13.9. The van der Waals surface area contributed by atoms with Gasteiger partial charge in [0.1, 0.15) is 22.9 Å². The van der Waals surface area contributed by atoms with Crippen molar-refractivity contribution in [2.75, 3.05) is 24.5 Å². The van der Waals surface area contributed by atoms with Crippen LogP contribution in [0.25, 0.3) is 0 Å². The van der Waals surface area contributed by atoms with Crippen molar-refractivity contribution in [1.82, 2.24) is 9.88 Å². The molecule has 0 saturated carbocycles. The first kappa shape index (κ1) is 23.1. The van der Waals surface area contributed by atoms with Crippen LogP contribution in [0.15, 0.2) is 36.5 Å². The molecule has 3 aliphatic heterocycles. The Morgan fingerprint density at radius 1 is 1.21 bits per heavy atom. The summed E-state index contributed by atoms with van der Waals surface area (Å²) in [5, 5.41) is 0. The highest BCUT2D eigenvalue weighted by molar-refractivity contribution is 5.92. The van der Waals surface area contributed by atoms with Crippen LogP contribution in [-0.4, -0.2) is 53.2 Å². The number of rotatable bonds is 4. The third-order valence-corrected chi connectivity index (χ3v) is 7.45. The van der Waals surface area contributed by atoms with Crippen molar-refractivity contribution in [1.29, 1.82) is 0 Å². The van der Waals surface area contributed by atoms with E-state index < -0.39 is 5.60 Å². The number of fused-ring (bicyclic) bond motifs is 1. The maximum absolute atomic E-state index is 13.9. The lowest BCUT2D eigenvalue weighted by atomic mass is 9.81. The summed E-state index contributed by atoms with van der Waals surface area (Å²) in [4.78, 5) is 21.9. The molecule has 2 fully saturated rings. The van der Waals surface area contributed by atoms with Crippen LogP contribution in [0.5, 0.6) is 5.75 Å². The largest absolute Gasteiger partial charge is 0.487 e. The Morgan fingerprint density at radius 3 is 2.65 bits per heavy atom. The molecule has 0 N–H and O–H groups in total. The molecule has 1 amide bonds. The highest BCUT2D eigenvalue weighted by Gasteiger charge is 2.45. The van der Waals surface area contributed by atoms with Gasteiger partial charge in [0.2, 0.25) is 0 Å². The quantitative estimate of drug-likeness (QED) is 0.624. The Morgan fingerprint density at radius 2 is 2.00 bits per heavy atom. The van der Waals surface area contributed by atoms with Crippen molar-refractivity contribution in [3.63, 3.8) is 0 Å². The Labute approximate surface area is 201 Å². The lowest BCUT2D eigenvalue weighted by molar-refractivity contribution is -0.0874. The van der Waals surface area contributed by atoms with Crippen LogP contribution in [-0.2, 0) is 4.74 Å². The molecular weight excluding hydrogens is 433 g/mol. The molecule has 7 heteroatoms. The number of pyridine rings is 1. The third kappa shape index (κ3) is 4.50. The van der Waals surface area contributed by atoms with E-state index in [9.17, 15) is 9.18 Å². The first-order valence-corrected chi connectivity index (χ1v) is 12.5. The summed E-state index contributed by atoms with van der Waals surface area (Å²) >= 11 is 0. The van der Waals surface area contributed by atoms with E-state index in [2.05, 4.69) is 16.8 Å². The number of halogens is 1. The summed E-state index contributed by atoms with van der Waals surface area (Å²) in [6.45, 7) is 8.44. The summed E-state index contributed by atoms with van der Waals surface area (Å²) in [7, 11) is 0. The van der Waals surface area contributed by atoms with Crippen LogP contribution < -0.4 is 9.64 Å². The minimum atomic E-state index is -0.412. The van der Waals surface area contributed by atoms with Crippen molar-refractivity contribution in [3.05, 3.63) is 53.6 Å². The number of amides is 1. The molecule has 4 heterocycles. The molecule has 0 aliphatic carbocycles. The molecular formula is C27H34FN3O3. The van der Waals surface area contributed by atoms with Gasteiger partial charge in [-0.3, -0.25) is 4.79 Å². The fourth-order valence-electron chi connectivity index (χ4n) is 5.62. The van der Waals surface area contributed by atoms with Crippen molar-refractivity contribution >= 4 is 11.6 Å². The van der Waals surface area contributed by atoms with Gasteiger partial charge in [-0.2, -0.15) is 0 Å². The number of carbonyl (C=O) groups excluding carboxylic acids is 1. The van der Waals surface area contributed by atoms with Gasteiger partial charge < -0.3 is 19.3 Å². The highest BCUT2D eigenvalue weighted by Crippen LogP contribution is 2.46. The zero-order valence-corrected chi connectivity index (χ0v) is 20.3.